The molecule has 0 unspecified atom stereocenters. The highest BCUT2D eigenvalue weighted by Gasteiger charge is 2.56. The average molecular weight is 152 g/mol. The Balaban J connectivity index is 2.23. The minimum absolute atomic E-state index is 0.337. The molecule has 1 heteroatoms. The molecule has 0 aromatic heterocycles. The third-order valence-corrected chi connectivity index (χ3v) is 3.94. The van der Waals surface area contributed by atoms with Crippen LogP contribution in [-0.4, -0.2) is 5.78 Å². The first-order chi connectivity index (χ1) is 5.03. The first kappa shape index (κ1) is 7.33. The topological polar surface area (TPSA) is 17.1 Å². The zero-order valence-electron chi connectivity index (χ0n) is 7.55. The Morgan fingerprint density at radius 3 is 2.36 bits per heavy atom. The highest BCUT2D eigenvalue weighted by molar-refractivity contribution is 5.86. The molecule has 0 aromatic carbocycles. The predicted octanol–water partition coefficient (Wildman–Crippen LogP) is 2.26. The minimum Gasteiger partial charge on any atom is -0.299 e. The van der Waals surface area contributed by atoms with Crippen molar-refractivity contribution in [2.45, 2.75) is 33.6 Å². The van der Waals surface area contributed by atoms with Crippen LogP contribution in [0.15, 0.2) is 0 Å². The fraction of sp³-hybridized carbons (Fsp3) is 0.900. The number of Topliss-reactive ketones (excluding diaryl/α,β-unsaturated/α-hetero) is 1. The minimum atomic E-state index is 0.337. The lowest BCUT2D eigenvalue weighted by Crippen LogP contribution is -2.55. The van der Waals surface area contributed by atoms with Crippen molar-refractivity contribution < 1.29 is 4.79 Å². The van der Waals surface area contributed by atoms with Crippen molar-refractivity contribution in [1.82, 2.24) is 0 Å². The molecule has 0 amide bonds. The van der Waals surface area contributed by atoms with E-state index in [0.717, 1.165) is 12.3 Å². The maximum absolute atomic E-state index is 11.6. The molecule has 62 valence electrons. The fourth-order valence-corrected chi connectivity index (χ4v) is 2.79. The predicted molar refractivity (Wildman–Crippen MR) is 44.2 cm³/mol. The lowest BCUT2D eigenvalue weighted by atomic mass is 9.46. The number of carbonyl (C=O) groups excluding carboxylic acids is 1. The molecular formula is C10H16O. The highest BCUT2D eigenvalue weighted by atomic mass is 16.1. The maximum Gasteiger partial charge on any atom is 0.139 e. The molecule has 3 aliphatic rings. The number of fused-ring (bicyclic) bond motifs is 2. The van der Waals surface area contributed by atoms with Gasteiger partial charge in [0.05, 0.1) is 0 Å². The highest BCUT2D eigenvalue weighted by Crippen LogP contribution is 2.58. The lowest BCUT2D eigenvalue weighted by molar-refractivity contribution is -0.155. The summed E-state index contributed by atoms with van der Waals surface area (Å²) in [5.74, 6) is 2.11. The van der Waals surface area contributed by atoms with Crippen molar-refractivity contribution in [3.05, 3.63) is 0 Å². The van der Waals surface area contributed by atoms with E-state index in [2.05, 4.69) is 20.8 Å². The van der Waals surface area contributed by atoms with Crippen molar-refractivity contribution in [3.63, 3.8) is 0 Å². The largest absolute Gasteiger partial charge is 0.299 e. The molecule has 2 bridgehead atoms. The Morgan fingerprint density at radius 2 is 2.00 bits per heavy atom. The van der Waals surface area contributed by atoms with Crippen LogP contribution in [0, 0.1) is 23.2 Å². The molecule has 0 N–H and O–H groups in total. The Labute approximate surface area is 68.2 Å². The summed E-state index contributed by atoms with van der Waals surface area (Å²) in [6.07, 6.45) is 2.32. The zero-order valence-corrected chi connectivity index (χ0v) is 7.55. The van der Waals surface area contributed by atoms with Gasteiger partial charge in [-0.1, -0.05) is 20.8 Å². The molecule has 0 heterocycles. The van der Waals surface area contributed by atoms with Gasteiger partial charge in [0.2, 0.25) is 0 Å². The summed E-state index contributed by atoms with van der Waals surface area (Å²) in [5.41, 5.74) is 0.337. The van der Waals surface area contributed by atoms with Crippen LogP contribution in [0.1, 0.15) is 33.6 Å². The number of rotatable bonds is 0. The van der Waals surface area contributed by atoms with Gasteiger partial charge in [0.25, 0.3) is 0 Å². The SMILES string of the molecule is C[C@@H]1C[C@H]2C[C@H](C1=O)C2(C)C. The monoisotopic (exact) mass is 152 g/mol. The van der Waals surface area contributed by atoms with Gasteiger partial charge in [-0.15, -0.1) is 0 Å². The number of ketones is 1. The summed E-state index contributed by atoms with van der Waals surface area (Å²) < 4.78 is 0. The third-order valence-electron chi connectivity index (χ3n) is 3.94. The molecule has 0 aromatic rings. The van der Waals surface area contributed by atoms with Crippen LogP contribution >= 0.6 is 0 Å². The van der Waals surface area contributed by atoms with E-state index >= 15 is 0 Å². The maximum atomic E-state index is 11.6. The molecule has 3 aliphatic carbocycles. The van der Waals surface area contributed by atoms with Crippen LogP contribution in [0.3, 0.4) is 0 Å². The molecule has 3 atom stereocenters. The smallest absolute Gasteiger partial charge is 0.139 e. The lowest BCUT2D eigenvalue weighted by Gasteiger charge is -2.57. The Kier molecular flexibility index (Phi) is 1.25. The van der Waals surface area contributed by atoms with Crippen molar-refractivity contribution in [2.75, 3.05) is 0 Å². The van der Waals surface area contributed by atoms with Crippen molar-refractivity contribution in [2.24, 2.45) is 23.2 Å². The number of hydrogen-bond acceptors (Lipinski definition) is 1. The van der Waals surface area contributed by atoms with Crippen LogP contribution in [0.2, 0.25) is 0 Å². The molecule has 0 radical (unpaired) electrons. The summed E-state index contributed by atoms with van der Waals surface area (Å²) in [4.78, 5) is 11.6. The molecule has 0 saturated heterocycles. The van der Waals surface area contributed by atoms with E-state index < -0.39 is 0 Å². The van der Waals surface area contributed by atoms with Crippen LogP contribution in [0.25, 0.3) is 0 Å². The molecule has 11 heavy (non-hydrogen) atoms. The van der Waals surface area contributed by atoms with E-state index in [1.165, 1.54) is 6.42 Å². The molecule has 3 fully saturated rings. The first-order valence-corrected chi connectivity index (χ1v) is 4.57. The summed E-state index contributed by atoms with van der Waals surface area (Å²) in [5, 5.41) is 0. The van der Waals surface area contributed by atoms with Gasteiger partial charge in [0.1, 0.15) is 5.78 Å². The van der Waals surface area contributed by atoms with E-state index in [0.29, 0.717) is 23.0 Å². The Morgan fingerprint density at radius 1 is 1.36 bits per heavy atom. The molecule has 3 rings (SSSR count). The molecule has 0 spiro atoms. The normalized spacial score (nSPS) is 46.8. The number of hydrogen-bond donors (Lipinski definition) is 0. The van der Waals surface area contributed by atoms with Crippen molar-refractivity contribution in [1.29, 1.82) is 0 Å². The summed E-state index contributed by atoms with van der Waals surface area (Å²) >= 11 is 0. The van der Waals surface area contributed by atoms with Gasteiger partial charge in [-0.2, -0.15) is 0 Å². The van der Waals surface area contributed by atoms with E-state index in [4.69, 9.17) is 0 Å². The summed E-state index contributed by atoms with van der Waals surface area (Å²) in [7, 11) is 0. The van der Waals surface area contributed by atoms with Gasteiger partial charge >= 0.3 is 0 Å². The van der Waals surface area contributed by atoms with Crippen molar-refractivity contribution in [3.8, 4) is 0 Å². The molecular weight excluding hydrogens is 136 g/mol. The summed E-state index contributed by atoms with van der Waals surface area (Å²) in [6.45, 7) is 6.57. The zero-order chi connectivity index (χ0) is 8.22. The first-order valence-electron chi connectivity index (χ1n) is 4.57. The molecule has 0 aliphatic heterocycles. The number of carbonyl (C=O) groups is 1. The second-order valence-electron chi connectivity index (χ2n) is 4.85. The Hall–Kier alpha value is -0.330. The van der Waals surface area contributed by atoms with Crippen LogP contribution < -0.4 is 0 Å². The van der Waals surface area contributed by atoms with Gasteiger partial charge in [-0.05, 0) is 24.2 Å². The fourth-order valence-electron chi connectivity index (χ4n) is 2.79. The van der Waals surface area contributed by atoms with E-state index in [-0.39, 0.29) is 0 Å². The molecule has 3 saturated carbocycles. The van der Waals surface area contributed by atoms with Gasteiger partial charge in [-0.3, -0.25) is 4.79 Å². The van der Waals surface area contributed by atoms with E-state index in [1.807, 2.05) is 0 Å². The van der Waals surface area contributed by atoms with Crippen LogP contribution in [-0.2, 0) is 4.79 Å². The second-order valence-corrected chi connectivity index (χ2v) is 4.85. The third kappa shape index (κ3) is 0.743. The van der Waals surface area contributed by atoms with Gasteiger partial charge in [0, 0.05) is 11.8 Å². The summed E-state index contributed by atoms with van der Waals surface area (Å²) in [6, 6.07) is 0. The van der Waals surface area contributed by atoms with E-state index in [9.17, 15) is 4.79 Å². The van der Waals surface area contributed by atoms with Crippen LogP contribution in [0.4, 0.5) is 0 Å². The van der Waals surface area contributed by atoms with Gasteiger partial charge in [-0.25, -0.2) is 0 Å². The average Bonchev–Trinajstić information content (AvgIpc) is 1.93. The van der Waals surface area contributed by atoms with E-state index in [1.54, 1.807) is 0 Å². The standard InChI is InChI=1S/C10H16O/c1-6-4-7-5-8(9(6)11)10(7,2)3/h6-8H,4-5H2,1-3H3/t6-,7+,8-/m1/s1. The van der Waals surface area contributed by atoms with Crippen molar-refractivity contribution >= 4 is 5.78 Å². The second kappa shape index (κ2) is 1.88. The van der Waals surface area contributed by atoms with Crippen LogP contribution in [0.5, 0.6) is 0 Å². The van der Waals surface area contributed by atoms with Gasteiger partial charge in [0.15, 0.2) is 0 Å². The Bertz CT molecular complexity index is 205. The van der Waals surface area contributed by atoms with Gasteiger partial charge < -0.3 is 0 Å². The molecule has 1 nitrogen and oxygen atoms in total. The quantitative estimate of drug-likeness (QED) is 0.520.